The van der Waals surface area contributed by atoms with Crippen LogP contribution < -0.4 is 4.74 Å². The predicted molar refractivity (Wildman–Crippen MR) is 88.8 cm³/mol. The first kappa shape index (κ1) is 21.4. The summed E-state index contributed by atoms with van der Waals surface area (Å²) < 4.78 is 28.1. The molecule has 0 unspecified atom stereocenters. The summed E-state index contributed by atoms with van der Waals surface area (Å²) in [5, 5.41) is 17.2. The first-order valence-corrected chi connectivity index (χ1v) is 9.19. The van der Waals surface area contributed by atoms with Gasteiger partial charge in [0.05, 0.1) is 11.5 Å². The highest BCUT2D eigenvalue weighted by Gasteiger charge is 2.16. The summed E-state index contributed by atoms with van der Waals surface area (Å²) in [6.07, 6.45) is 1.03. The van der Waals surface area contributed by atoms with Crippen LogP contribution in [0.15, 0.2) is 23.1 Å². The minimum Gasteiger partial charge on any atom is -0.492 e. The topological polar surface area (TPSA) is 101 Å². The first-order chi connectivity index (χ1) is 10.5. The number of carboxylic acids is 1. The van der Waals surface area contributed by atoms with Gasteiger partial charge in [0.2, 0.25) is 0 Å². The summed E-state index contributed by atoms with van der Waals surface area (Å²) in [6.45, 7) is 8.50. The Bertz CT molecular complexity index is 605. The second kappa shape index (κ2) is 9.52. The fraction of sp³-hybridized carbons (Fsp3) is 0.562. The molecule has 0 aromatic heterocycles. The van der Waals surface area contributed by atoms with Gasteiger partial charge >= 0.3 is 5.97 Å². The van der Waals surface area contributed by atoms with E-state index in [2.05, 4.69) is 0 Å². The van der Waals surface area contributed by atoms with Crippen molar-refractivity contribution in [3.8, 4) is 5.75 Å². The molecule has 0 heterocycles. The Hall–Kier alpha value is -1.60. The Kier molecular flexibility index (Phi) is 8.86. The molecule has 0 fully saturated rings. The summed E-state index contributed by atoms with van der Waals surface area (Å²) >= 11 is 0. The zero-order chi connectivity index (χ0) is 18.2. The third-order valence-corrected chi connectivity index (χ3v) is 3.66. The second-order valence-corrected chi connectivity index (χ2v) is 8.03. The fourth-order valence-corrected chi connectivity index (χ4v) is 1.94. The molecule has 0 aliphatic carbocycles. The number of hydrogen-bond donors (Lipinski definition) is 2. The van der Waals surface area contributed by atoms with E-state index in [0.717, 1.165) is 12.3 Å². The molecule has 0 amide bonds. The van der Waals surface area contributed by atoms with E-state index in [1.54, 1.807) is 0 Å². The summed E-state index contributed by atoms with van der Waals surface area (Å²) in [5.41, 5.74) is -0.140. The molecule has 0 aliphatic heterocycles. The van der Waals surface area contributed by atoms with Crippen molar-refractivity contribution < 1.29 is 28.2 Å². The number of ether oxygens (including phenoxy) is 1. The minimum atomic E-state index is -3.43. The number of carboxylic acid groups (broad SMARTS) is 1. The smallest absolute Gasteiger partial charge is 0.339 e. The largest absolute Gasteiger partial charge is 0.492 e. The van der Waals surface area contributed by atoms with Crippen molar-refractivity contribution in [1.29, 1.82) is 0 Å². The van der Waals surface area contributed by atoms with Gasteiger partial charge in [0, 0.05) is 12.9 Å². The lowest BCUT2D eigenvalue weighted by atomic mass is 10.2. The Labute approximate surface area is 138 Å². The van der Waals surface area contributed by atoms with Crippen LogP contribution in [0, 0.1) is 11.8 Å². The number of aliphatic hydroxyl groups excluding tert-OH is 1. The molecule has 2 N–H and O–H groups in total. The second-order valence-electron chi connectivity index (χ2n) is 6.02. The van der Waals surface area contributed by atoms with Crippen LogP contribution in [0.4, 0.5) is 0 Å². The highest BCUT2D eigenvalue weighted by Crippen LogP contribution is 2.23. The SMILES string of the molecule is CC(C)CO.CC(C)COc1ccc(S(C)(=O)=O)cc1C(=O)O. The first-order valence-electron chi connectivity index (χ1n) is 7.30. The molecular weight excluding hydrogens is 320 g/mol. The number of carbonyl (C=O) groups is 1. The van der Waals surface area contributed by atoms with E-state index < -0.39 is 15.8 Å². The van der Waals surface area contributed by atoms with Gasteiger partial charge < -0.3 is 14.9 Å². The van der Waals surface area contributed by atoms with Crippen molar-refractivity contribution in [3.63, 3.8) is 0 Å². The van der Waals surface area contributed by atoms with Gasteiger partial charge in [-0.3, -0.25) is 0 Å². The van der Waals surface area contributed by atoms with E-state index in [-0.39, 0.29) is 22.1 Å². The van der Waals surface area contributed by atoms with Crippen LogP contribution in [0.5, 0.6) is 5.75 Å². The van der Waals surface area contributed by atoms with Crippen molar-refractivity contribution >= 4 is 15.8 Å². The molecule has 0 aliphatic rings. The van der Waals surface area contributed by atoms with Crippen LogP contribution in [-0.2, 0) is 9.84 Å². The van der Waals surface area contributed by atoms with Gasteiger partial charge in [-0.05, 0) is 30.0 Å². The Morgan fingerprint density at radius 3 is 2.04 bits per heavy atom. The van der Waals surface area contributed by atoms with Crippen molar-refractivity contribution in [2.75, 3.05) is 19.5 Å². The number of rotatable bonds is 6. The van der Waals surface area contributed by atoms with Crippen molar-refractivity contribution in [2.24, 2.45) is 11.8 Å². The number of aromatic carboxylic acids is 1. The van der Waals surface area contributed by atoms with Crippen LogP contribution in [0.1, 0.15) is 38.1 Å². The maximum atomic E-state index is 11.4. The van der Waals surface area contributed by atoms with Crippen LogP contribution in [0.3, 0.4) is 0 Å². The molecule has 0 spiro atoms. The van der Waals surface area contributed by atoms with Gasteiger partial charge in [0.15, 0.2) is 9.84 Å². The number of hydrogen-bond acceptors (Lipinski definition) is 5. The summed E-state index contributed by atoms with van der Waals surface area (Å²) in [7, 11) is -3.43. The normalized spacial score (nSPS) is 11.1. The minimum absolute atomic E-state index is 0.0307. The number of sulfone groups is 1. The molecule has 0 radical (unpaired) electrons. The van der Waals surface area contributed by atoms with E-state index >= 15 is 0 Å². The molecule has 132 valence electrons. The quantitative estimate of drug-likeness (QED) is 0.820. The summed E-state index contributed by atoms with van der Waals surface area (Å²) in [6, 6.07) is 3.84. The average molecular weight is 346 g/mol. The van der Waals surface area contributed by atoms with Gasteiger partial charge in [0.25, 0.3) is 0 Å². The van der Waals surface area contributed by atoms with Crippen LogP contribution >= 0.6 is 0 Å². The molecule has 7 heteroatoms. The van der Waals surface area contributed by atoms with Crippen molar-refractivity contribution in [3.05, 3.63) is 23.8 Å². The third kappa shape index (κ3) is 8.56. The lowest BCUT2D eigenvalue weighted by Gasteiger charge is -2.12. The monoisotopic (exact) mass is 346 g/mol. The Morgan fingerprint density at radius 2 is 1.70 bits per heavy atom. The van der Waals surface area contributed by atoms with E-state index in [0.29, 0.717) is 19.1 Å². The number of aliphatic hydroxyl groups is 1. The van der Waals surface area contributed by atoms with Crippen LogP contribution in [-0.4, -0.2) is 44.1 Å². The standard InChI is InChI=1S/C12H16O5S.C4H10O/c1-8(2)7-17-11-5-4-9(18(3,15)16)6-10(11)12(13)14;1-4(2)3-5/h4-6,8H,7H2,1-3H3,(H,13,14);4-5H,3H2,1-2H3. The molecular formula is C16H26O6S. The zero-order valence-electron chi connectivity index (χ0n) is 14.2. The van der Waals surface area contributed by atoms with Crippen molar-refractivity contribution in [2.45, 2.75) is 32.6 Å². The van der Waals surface area contributed by atoms with Gasteiger partial charge in [-0.2, -0.15) is 0 Å². The van der Waals surface area contributed by atoms with E-state index in [4.69, 9.17) is 14.9 Å². The summed E-state index contributed by atoms with van der Waals surface area (Å²) in [5.74, 6) is -0.334. The fourth-order valence-electron chi connectivity index (χ4n) is 1.29. The maximum Gasteiger partial charge on any atom is 0.339 e. The maximum absolute atomic E-state index is 11.4. The highest BCUT2D eigenvalue weighted by molar-refractivity contribution is 7.90. The van der Waals surface area contributed by atoms with Gasteiger partial charge in [-0.15, -0.1) is 0 Å². The molecule has 0 saturated carbocycles. The Morgan fingerprint density at radius 1 is 1.17 bits per heavy atom. The zero-order valence-corrected chi connectivity index (χ0v) is 15.1. The molecule has 1 aromatic carbocycles. The van der Waals surface area contributed by atoms with Crippen molar-refractivity contribution in [1.82, 2.24) is 0 Å². The lowest BCUT2D eigenvalue weighted by molar-refractivity contribution is 0.0691. The van der Waals surface area contributed by atoms with Crippen LogP contribution in [0.25, 0.3) is 0 Å². The lowest BCUT2D eigenvalue weighted by Crippen LogP contribution is -2.09. The molecule has 1 rings (SSSR count). The molecule has 0 saturated heterocycles. The van der Waals surface area contributed by atoms with Gasteiger partial charge in [0.1, 0.15) is 11.3 Å². The molecule has 0 atom stereocenters. The highest BCUT2D eigenvalue weighted by atomic mass is 32.2. The average Bonchev–Trinajstić information content (AvgIpc) is 2.44. The van der Waals surface area contributed by atoms with Gasteiger partial charge in [-0.1, -0.05) is 27.7 Å². The number of benzene rings is 1. The van der Waals surface area contributed by atoms with E-state index in [1.165, 1.54) is 12.1 Å². The van der Waals surface area contributed by atoms with E-state index in [1.807, 2.05) is 27.7 Å². The predicted octanol–water partition coefficient (Wildman–Crippen LogP) is 2.46. The molecule has 6 nitrogen and oxygen atoms in total. The van der Waals surface area contributed by atoms with Crippen LogP contribution in [0.2, 0.25) is 0 Å². The molecule has 23 heavy (non-hydrogen) atoms. The van der Waals surface area contributed by atoms with E-state index in [9.17, 15) is 13.2 Å². The molecule has 0 bridgehead atoms. The van der Waals surface area contributed by atoms with Gasteiger partial charge in [-0.25, -0.2) is 13.2 Å². The summed E-state index contributed by atoms with van der Waals surface area (Å²) in [4.78, 5) is 11.0. The molecule has 1 aromatic rings. The third-order valence-electron chi connectivity index (χ3n) is 2.55. The Balaban J connectivity index is 0.000000841.